The smallest absolute Gasteiger partial charge is 0.277 e. The monoisotopic (exact) mass is 309 g/mol. The lowest BCUT2D eigenvalue weighted by molar-refractivity contribution is -0.121. The standard InChI is InChI=1S/C14H19N3O3S/c1-8-10(6-7-19-8)12-16-17-13(20-12)21-9(2)11(18)15-14(3,4)5/h6-7,9H,1-5H3,(H,15,18). The maximum absolute atomic E-state index is 12.0. The van der Waals surface area contributed by atoms with Crippen LogP contribution in [-0.2, 0) is 4.79 Å². The minimum Gasteiger partial charge on any atom is -0.469 e. The zero-order valence-corrected chi connectivity index (χ0v) is 13.6. The van der Waals surface area contributed by atoms with Crippen LogP contribution in [0, 0.1) is 6.92 Å². The van der Waals surface area contributed by atoms with Gasteiger partial charge in [-0.1, -0.05) is 11.8 Å². The van der Waals surface area contributed by atoms with Crippen LogP contribution in [0.15, 0.2) is 26.4 Å². The van der Waals surface area contributed by atoms with Gasteiger partial charge < -0.3 is 14.2 Å². The minimum absolute atomic E-state index is 0.0632. The molecule has 0 spiro atoms. The summed E-state index contributed by atoms with van der Waals surface area (Å²) >= 11 is 1.23. The van der Waals surface area contributed by atoms with E-state index in [9.17, 15) is 4.79 Å². The van der Waals surface area contributed by atoms with Crippen molar-refractivity contribution < 1.29 is 13.6 Å². The van der Waals surface area contributed by atoms with E-state index in [1.165, 1.54) is 11.8 Å². The average Bonchev–Trinajstić information content (AvgIpc) is 2.95. The van der Waals surface area contributed by atoms with Crippen LogP contribution in [-0.4, -0.2) is 26.9 Å². The molecule has 1 unspecified atom stereocenters. The molecule has 1 N–H and O–H groups in total. The third-order valence-electron chi connectivity index (χ3n) is 2.64. The number of hydrogen-bond acceptors (Lipinski definition) is 6. The van der Waals surface area contributed by atoms with Crippen molar-refractivity contribution in [2.45, 2.75) is 50.6 Å². The van der Waals surface area contributed by atoms with Gasteiger partial charge in [0.1, 0.15) is 5.76 Å². The molecule has 0 fully saturated rings. The van der Waals surface area contributed by atoms with Gasteiger partial charge in [0.05, 0.1) is 17.1 Å². The van der Waals surface area contributed by atoms with Crippen LogP contribution < -0.4 is 5.32 Å². The molecule has 0 aliphatic heterocycles. The van der Waals surface area contributed by atoms with Gasteiger partial charge in [-0.2, -0.15) is 0 Å². The number of aromatic nitrogens is 2. The molecule has 2 aromatic rings. The van der Waals surface area contributed by atoms with E-state index in [1.54, 1.807) is 19.3 Å². The van der Waals surface area contributed by atoms with Gasteiger partial charge in [-0.15, -0.1) is 10.2 Å². The lowest BCUT2D eigenvalue weighted by Gasteiger charge is -2.22. The molecule has 1 atom stereocenters. The number of carbonyl (C=O) groups is 1. The molecule has 0 aliphatic rings. The molecule has 21 heavy (non-hydrogen) atoms. The largest absolute Gasteiger partial charge is 0.469 e. The highest BCUT2D eigenvalue weighted by molar-refractivity contribution is 8.00. The zero-order chi connectivity index (χ0) is 15.6. The highest BCUT2D eigenvalue weighted by Gasteiger charge is 2.22. The van der Waals surface area contributed by atoms with Crippen molar-refractivity contribution in [2.24, 2.45) is 0 Å². The van der Waals surface area contributed by atoms with E-state index < -0.39 is 0 Å². The van der Waals surface area contributed by atoms with Crippen LogP contribution >= 0.6 is 11.8 Å². The topological polar surface area (TPSA) is 81.2 Å². The van der Waals surface area contributed by atoms with Gasteiger partial charge >= 0.3 is 0 Å². The fourth-order valence-corrected chi connectivity index (χ4v) is 2.33. The van der Waals surface area contributed by atoms with Crippen molar-refractivity contribution in [1.29, 1.82) is 0 Å². The molecular weight excluding hydrogens is 290 g/mol. The van der Waals surface area contributed by atoms with Crippen LogP contribution in [0.2, 0.25) is 0 Å². The molecule has 0 saturated carbocycles. The highest BCUT2D eigenvalue weighted by atomic mass is 32.2. The first-order chi connectivity index (χ1) is 9.76. The summed E-state index contributed by atoms with van der Waals surface area (Å²) in [5.74, 6) is 1.05. The van der Waals surface area contributed by atoms with E-state index in [1.807, 2.05) is 27.7 Å². The highest BCUT2D eigenvalue weighted by Crippen LogP contribution is 2.28. The van der Waals surface area contributed by atoms with Crippen LogP contribution in [0.3, 0.4) is 0 Å². The normalized spacial score (nSPS) is 13.2. The molecule has 0 radical (unpaired) electrons. The summed E-state index contributed by atoms with van der Waals surface area (Å²) in [5.41, 5.74) is 0.501. The van der Waals surface area contributed by atoms with Gasteiger partial charge in [0, 0.05) is 5.54 Å². The van der Waals surface area contributed by atoms with E-state index >= 15 is 0 Å². The van der Waals surface area contributed by atoms with Crippen LogP contribution in [0.1, 0.15) is 33.5 Å². The Morgan fingerprint density at radius 1 is 1.38 bits per heavy atom. The second-order valence-electron chi connectivity index (χ2n) is 5.76. The van der Waals surface area contributed by atoms with Gasteiger partial charge in [-0.05, 0) is 40.7 Å². The number of nitrogens with zero attached hydrogens (tertiary/aromatic N) is 2. The summed E-state index contributed by atoms with van der Waals surface area (Å²) in [7, 11) is 0. The Hall–Kier alpha value is -1.76. The van der Waals surface area contributed by atoms with Crippen molar-refractivity contribution in [3.05, 3.63) is 18.1 Å². The van der Waals surface area contributed by atoms with Crippen molar-refractivity contribution in [3.8, 4) is 11.5 Å². The number of carbonyl (C=O) groups excluding carboxylic acids is 1. The van der Waals surface area contributed by atoms with Gasteiger partial charge in [0.25, 0.3) is 11.1 Å². The van der Waals surface area contributed by atoms with Crippen LogP contribution in [0.5, 0.6) is 0 Å². The van der Waals surface area contributed by atoms with E-state index in [2.05, 4.69) is 15.5 Å². The van der Waals surface area contributed by atoms with Crippen molar-refractivity contribution in [1.82, 2.24) is 15.5 Å². The third kappa shape index (κ3) is 4.10. The molecule has 2 aromatic heterocycles. The third-order valence-corrected chi connectivity index (χ3v) is 3.57. The molecule has 0 saturated heterocycles. The molecule has 6 nitrogen and oxygen atoms in total. The maximum Gasteiger partial charge on any atom is 0.277 e. The molecule has 2 heterocycles. The SMILES string of the molecule is Cc1occc1-c1nnc(SC(C)C(=O)NC(C)(C)C)o1. The Balaban J connectivity index is 2.03. The predicted molar refractivity (Wildman–Crippen MR) is 80.0 cm³/mol. The number of amides is 1. The number of hydrogen-bond donors (Lipinski definition) is 1. The van der Waals surface area contributed by atoms with Gasteiger partial charge in [-0.25, -0.2) is 0 Å². The fourth-order valence-electron chi connectivity index (χ4n) is 1.65. The summed E-state index contributed by atoms with van der Waals surface area (Å²) in [5, 5.41) is 10.9. The Labute approximate surface area is 127 Å². The molecule has 114 valence electrons. The van der Waals surface area contributed by atoms with E-state index in [4.69, 9.17) is 8.83 Å². The molecule has 0 bridgehead atoms. The molecule has 2 rings (SSSR count). The summed E-state index contributed by atoms with van der Waals surface area (Å²) in [6.07, 6.45) is 1.57. The average molecular weight is 309 g/mol. The summed E-state index contributed by atoms with van der Waals surface area (Å²) < 4.78 is 10.8. The number of rotatable bonds is 4. The van der Waals surface area contributed by atoms with Gasteiger partial charge in [0.15, 0.2) is 0 Å². The summed E-state index contributed by atoms with van der Waals surface area (Å²) in [4.78, 5) is 12.0. The van der Waals surface area contributed by atoms with E-state index in [0.717, 1.165) is 5.56 Å². The Kier molecular flexibility index (Phi) is 4.41. The second-order valence-corrected chi connectivity index (χ2v) is 7.05. The summed E-state index contributed by atoms with van der Waals surface area (Å²) in [6, 6.07) is 1.77. The number of thioether (sulfide) groups is 1. The molecule has 0 aromatic carbocycles. The Morgan fingerprint density at radius 2 is 2.10 bits per heavy atom. The lowest BCUT2D eigenvalue weighted by atomic mass is 10.1. The fraction of sp³-hybridized carbons (Fsp3) is 0.500. The maximum atomic E-state index is 12.0. The molecule has 1 amide bonds. The van der Waals surface area contributed by atoms with Crippen LogP contribution in [0.25, 0.3) is 11.5 Å². The summed E-state index contributed by atoms with van der Waals surface area (Å²) in [6.45, 7) is 9.45. The van der Waals surface area contributed by atoms with Gasteiger partial charge in [-0.3, -0.25) is 4.79 Å². The Morgan fingerprint density at radius 3 is 2.67 bits per heavy atom. The van der Waals surface area contributed by atoms with Gasteiger partial charge in [0.2, 0.25) is 5.91 Å². The number of aryl methyl sites for hydroxylation is 1. The lowest BCUT2D eigenvalue weighted by Crippen LogP contribution is -2.44. The first-order valence-electron chi connectivity index (χ1n) is 6.63. The van der Waals surface area contributed by atoms with Crippen LogP contribution in [0.4, 0.5) is 0 Å². The second kappa shape index (κ2) is 5.93. The van der Waals surface area contributed by atoms with Crippen molar-refractivity contribution in [2.75, 3.05) is 0 Å². The molecule has 0 aliphatic carbocycles. The van der Waals surface area contributed by atoms with E-state index in [0.29, 0.717) is 16.9 Å². The predicted octanol–water partition coefficient (Wildman–Crippen LogP) is 3.03. The molecular formula is C14H19N3O3S. The molecule has 7 heteroatoms. The Bertz CT molecular complexity index is 627. The first-order valence-corrected chi connectivity index (χ1v) is 7.51. The van der Waals surface area contributed by atoms with Crippen molar-refractivity contribution in [3.63, 3.8) is 0 Å². The zero-order valence-electron chi connectivity index (χ0n) is 12.8. The van der Waals surface area contributed by atoms with E-state index in [-0.39, 0.29) is 16.7 Å². The number of nitrogens with one attached hydrogen (secondary N) is 1. The quantitative estimate of drug-likeness (QED) is 0.874. The minimum atomic E-state index is -0.317. The number of furan rings is 1. The first kappa shape index (κ1) is 15.6. The van der Waals surface area contributed by atoms with Crippen molar-refractivity contribution >= 4 is 17.7 Å².